The van der Waals surface area contributed by atoms with Crippen LogP contribution in [0.2, 0.25) is 0 Å². The molecule has 4 aromatic heterocycles. The van der Waals surface area contributed by atoms with E-state index in [2.05, 4.69) is 46.0 Å². The summed E-state index contributed by atoms with van der Waals surface area (Å²) in [5.74, 6) is 0.944. The third-order valence-corrected chi connectivity index (χ3v) is 6.03. The Labute approximate surface area is 214 Å². The average molecular weight is 506 g/mol. The number of ether oxygens (including phenoxy) is 1. The molecule has 1 fully saturated rings. The monoisotopic (exact) mass is 505 g/mol. The van der Waals surface area contributed by atoms with Gasteiger partial charge in [-0.15, -0.1) is 0 Å². The first-order chi connectivity index (χ1) is 17.7. The molecule has 1 aliphatic rings. The molecule has 2 atom stereocenters. The highest BCUT2D eigenvalue weighted by Gasteiger charge is 2.24. The first-order valence-corrected chi connectivity index (χ1v) is 12.1. The maximum Gasteiger partial charge on any atom is 0.238 e. The summed E-state index contributed by atoms with van der Waals surface area (Å²) in [5, 5.41) is 18.9. The van der Waals surface area contributed by atoms with Crippen molar-refractivity contribution in [3.8, 4) is 0 Å². The van der Waals surface area contributed by atoms with Crippen LogP contribution in [0, 0.1) is 6.92 Å². The summed E-state index contributed by atoms with van der Waals surface area (Å²) in [6.45, 7) is 7.68. The summed E-state index contributed by atoms with van der Waals surface area (Å²) in [5.41, 5.74) is 3.55. The molecule has 13 heteroatoms. The first-order valence-electron chi connectivity index (χ1n) is 12.1. The van der Waals surface area contributed by atoms with Gasteiger partial charge >= 0.3 is 0 Å². The zero-order valence-corrected chi connectivity index (χ0v) is 21.6. The highest BCUT2D eigenvalue weighted by atomic mass is 16.5. The molecule has 0 aliphatic carbocycles. The fourth-order valence-corrected chi connectivity index (χ4v) is 4.48. The molecule has 0 unspecified atom stereocenters. The molecule has 13 nitrogen and oxygen atoms in total. The lowest BCUT2D eigenvalue weighted by molar-refractivity contribution is -0.121. The molecule has 4 aromatic rings. The number of carbonyl (C=O) groups excluding carboxylic acids is 1. The number of morpholine rings is 1. The van der Waals surface area contributed by atoms with E-state index >= 15 is 0 Å². The average Bonchev–Trinajstić information content (AvgIpc) is 3.37. The molecular weight excluding hydrogens is 474 g/mol. The molecular formula is C24H31N11O2. The second-order valence-electron chi connectivity index (χ2n) is 9.41. The van der Waals surface area contributed by atoms with Gasteiger partial charge in [0.15, 0.2) is 11.5 Å². The molecule has 194 valence electrons. The van der Waals surface area contributed by atoms with Crippen molar-refractivity contribution in [2.75, 3.05) is 35.6 Å². The topological polar surface area (TPSA) is 140 Å². The molecule has 0 spiro atoms. The van der Waals surface area contributed by atoms with Crippen LogP contribution in [0.4, 0.5) is 28.8 Å². The Morgan fingerprint density at radius 3 is 2.59 bits per heavy atom. The maximum absolute atomic E-state index is 12.7. The van der Waals surface area contributed by atoms with E-state index in [4.69, 9.17) is 4.74 Å². The van der Waals surface area contributed by atoms with Gasteiger partial charge in [-0.25, -0.2) is 9.67 Å². The van der Waals surface area contributed by atoms with E-state index in [9.17, 15) is 4.79 Å². The van der Waals surface area contributed by atoms with Crippen molar-refractivity contribution >= 4 is 45.8 Å². The van der Waals surface area contributed by atoms with Crippen LogP contribution in [0.1, 0.15) is 19.5 Å². The summed E-state index contributed by atoms with van der Waals surface area (Å²) >= 11 is 0. The zero-order valence-electron chi connectivity index (χ0n) is 21.6. The number of aromatic nitrogens is 7. The van der Waals surface area contributed by atoms with Crippen LogP contribution in [-0.2, 0) is 23.6 Å². The summed E-state index contributed by atoms with van der Waals surface area (Å²) in [7, 11) is 3.67. The minimum atomic E-state index is -0.0942. The van der Waals surface area contributed by atoms with Gasteiger partial charge in [0, 0.05) is 39.6 Å². The van der Waals surface area contributed by atoms with E-state index in [-0.39, 0.29) is 18.1 Å². The van der Waals surface area contributed by atoms with Gasteiger partial charge in [-0.05, 0) is 26.8 Å². The Bertz CT molecular complexity index is 1420. The van der Waals surface area contributed by atoms with E-state index < -0.39 is 0 Å². The minimum Gasteiger partial charge on any atom is -0.373 e. The molecule has 0 saturated carbocycles. The number of fused-ring (bicyclic) bond motifs is 1. The number of hydrogen-bond acceptors (Lipinski definition) is 10. The van der Waals surface area contributed by atoms with Crippen molar-refractivity contribution < 1.29 is 9.53 Å². The van der Waals surface area contributed by atoms with Crippen molar-refractivity contribution in [1.82, 2.24) is 39.4 Å². The van der Waals surface area contributed by atoms with Crippen LogP contribution < -0.4 is 16.0 Å². The number of amides is 1. The maximum atomic E-state index is 12.7. The molecule has 0 bridgehead atoms. The third-order valence-electron chi connectivity index (χ3n) is 6.03. The van der Waals surface area contributed by atoms with Crippen LogP contribution in [0.25, 0.3) is 11.0 Å². The number of nitrogens with one attached hydrogen (secondary N) is 3. The molecule has 1 saturated heterocycles. The van der Waals surface area contributed by atoms with Gasteiger partial charge in [-0.3, -0.25) is 19.4 Å². The number of aryl methyl sites for hydroxylation is 3. The minimum absolute atomic E-state index is 0.0942. The second-order valence-corrected chi connectivity index (χ2v) is 9.41. The van der Waals surface area contributed by atoms with Crippen molar-refractivity contribution in [3.05, 3.63) is 36.5 Å². The van der Waals surface area contributed by atoms with Crippen molar-refractivity contribution in [2.24, 2.45) is 14.1 Å². The number of rotatable bonds is 7. The Kier molecular flexibility index (Phi) is 6.72. The number of anilines is 5. The van der Waals surface area contributed by atoms with Gasteiger partial charge in [0.1, 0.15) is 0 Å². The van der Waals surface area contributed by atoms with Gasteiger partial charge in [-0.2, -0.15) is 15.2 Å². The summed E-state index contributed by atoms with van der Waals surface area (Å²) in [4.78, 5) is 28.3. The van der Waals surface area contributed by atoms with Gasteiger partial charge in [0.25, 0.3) is 0 Å². The molecule has 37 heavy (non-hydrogen) atoms. The molecule has 0 aromatic carbocycles. The van der Waals surface area contributed by atoms with Gasteiger partial charge in [0.2, 0.25) is 11.9 Å². The van der Waals surface area contributed by atoms with E-state index in [1.54, 1.807) is 28.0 Å². The number of pyridine rings is 1. The van der Waals surface area contributed by atoms with E-state index in [0.717, 1.165) is 35.5 Å². The Morgan fingerprint density at radius 2 is 1.86 bits per heavy atom. The van der Waals surface area contributed by atoms with Crippen LogP contribution in [0.5, 0.6) is 0 Å². The van der Waals surface area contributed by atoms with Crippen LogP contribution in [0.3, 0.4) is 0 Å². The molecule has 1 amide bonds. The van der Waals surface area contributed by atoms with Gasteiger partial charge in [-0.1, -0.05) is 0 Å². The Hall–Kier alpha value is -4.10. The van der Waals surface area contributed by atoms with E-state index in [0.29, 0.717) is 29.6 Å². The zero-order chi connectivity index (χ0) is 26.1. The van der Waals surface area contributed by atoms with Gasteiger partial charge in [0.05, 0.1) is 59.3 Å². The number of hydrogen-bond donors (Lipinski definition) is 3. The number of carbonyl (C=O) groups is 1. The van der Waals surface area contributed by atoms with Crippen LogP contribution in [-0.4, -0.2) is 77.2 Å². The lowest BCUT2D eigenvalue weighted by Crippen LogP contribution is -2.48. The third kappa shape index (κ3) is 5.67. The first kappa shape index (κ1) is 24.6. The molecule has 3 N–H and O–H groups in total. The smallest absolute Gasteiger partial charge is 0.238 e. The predicted octanol–water partition coefficient (Wildman–Crippen LogP) is 2.34. The van der Waals surface area contributed by atoms with Crippen molar-refractivity contribution in [3.63, 3.8) is 0 Å². The lowest BCUT2D eigenvalue weighted by atomic mass is 10.2. The molecule has 5 rings (SSSR count). The van der Waals surface area contributed by atoms with Crippen LogP contribution >= 0.6 is 0 Å². The highest BCUT2D eigenvalue weighted by Crippen LogP contribution is 2.27. The molecule has 1 aliphatic heterocycles. The van der Waals surface area contributed by atoms with Gasteiger partial charge < -0.3 is 20.7 Å². The normalized spacial score (nSPS) is 18.2. The Morgan fingerprint density at radius 1 is 1.08 bits per heavy atom. The summed E-state index contributed by atoms with van der Waals surface area (Å²) < 4.78 is 9.14. The van der Waals surface area contributed by atoms with Crippen LogP contribution in [0.15, 0.2) is 30.9 Å². The SMILES string of the molecule is Cc1ncc(NC(=O)CN2C[C@@H](C)O[C@@H](C)C2)cc1Nc1nn(C)c2nc(Nc3cnn(C)c3)ncc12. The standard InChI is InChI=1S/C24H31N11O2/c1-14-10-35(11-15(2)37-14)13-21(36)28-17-6-20(16(3)25-7-17)30-22-19-9-26-24(31-23(19)34(5)32-22)29-18-8-27-33(4)12-18/h6-9,12,14-15H,10-11,13H2,1-5H3,(H,28,36)(H,30,32)(H,26,29,31)/t14-,15+. The van der Waals surface area contributed by atoms with Crippen molar-refractivity contribution in [1.29, 1.82) is 0 Å². The van der Waals surface area contributed by atoms with E-state index in [1.165, 1.54) is 0 Å². The second kappa shape index (κ2) is 10.1. The summed E-state index contributed by atoms with van der Waals surface area (Å²) in [6, 6.07) is 1.85. The lowest BCUT2D eigenvalue weighted by Gasteiger charge is -2.34. The Balaban J connectivity index is 1.30. The summed E-state index contributed by atoms with van der Waals surface area (Å²) in [6.07, 6.45) is 7.12. The molecule has 5 heterocycles. The van der Waals surface area contributed by atoms with E-state index in [1.807, 2.05) is 47.1 Å². The fourth-order valence-electron chi connectivity index (χ4n) is 4.48. The molecule has 0 radical (unpaired) electrons. The predicted molar refractivity (Wildman–Crippen MR) is 140 cm³/mol. The number of nitrogens with zero attached hydrogens (tertiary/aromatic N) is 8. The largest absolute Gasteiger partial charge is 0.373 e. The quantitative estimate of drug-likeness (QED) is 0.343. The highest BCUT2D eigenvalue weighted by molar-refractivity contribution is 5.93. The van der Waals surface area contributed by atoms with Crippen molar-refractivity contribution in [2.45, 2.75) is 33.0 Å². The fraction of sp³-hybridized carbons (Fsp3) is 0.417.